The van der Waals surface area contributed by atoms with E-state index in [0.717, 1.165) is 15.3 Å². The van der Waals surface area contributed by atoms with E-state index in [9.17, 15) is 4.79 Å². The molecule has 9 heteroatoms. The van der Waals surface area contributed by atoms with Gasteiger partial charge in [0.1, 0.15) is 4.83 Å². The molecular weight excluding hydrogens is 400 g/mol. The van der Waals surface area contributed by atoms with Crippen molar-refractivity contribution in [2.75, 3.05) is 0 Å². The minimum atomic E-state index is -0.185. The van der Waals surface area contributed by atoms with Crippen LogP contribution in [0.15, 0.2) is 37.4 Å². The quantitative estimate of drug-likeness (QED) is 0.353. The Kier molecular flexibility index (Phi) is 4.69. The van der Waals surface area contributed by atoms with Gasteiger partial charge in [-0.3, -0.25) is 9.36 Å². The minimum absolute atomic E-state index is 0.0318. The summed E-state index contributed by atoms with van der Waals surface area (Å²) in [6, 6.07) is 4.01. The molecule has 0 saturated carbocycles. The first-order chi connectivity index (χ1) is 12.8. The summed E-state index contributed by atoms with van der Waals surface area (Å²) in [5.41, 5.74) is 0.744. The molecule has 0 aromatic carbocycles. The van der Waals surface area contributed by atoms with E-state index in [0.29, 0.717) is 28.0 Å². The van der Waals surface area contributed by atoms with E-state index in [1.54, 1.807) is 23.0 Å². The molecule has 0 radical (unpaired) electrons. The van der Waals surface area contributed by atoms with E-state index in [-0.39, 0.29) is 11.0 Å². The molecule has 4 rings (SSSR count). The fourth-order valence-corrected chi connectivity index (χ4v) is 5.16. The van der Waals surface area contributed by atoms with Crippen molar-refractivity contribution in [2.45, 2.75) is 37.1 Å². The average molecular weight is 419 g/mol. The highest BCUT2D eigenvalue weighted by Gasteiger charge is 2.22. The zero-order valence-electron chi connectivity index (χ0n) is 15.3. The third kappa shape index (κ3) is 3.46. The lowest BCUT2D eigenvalue weighted by Gasteiger charge is -2.10. The number of fused-ring (bicyclic) bond motifs is 1. The van der Waals surface area contributed by atoms with Crippen LogP contribution in [0, 0.1) is 0 Å². The summed E-state index contributed by atoms with van der Waals surface area (Å²) in [5.74, 6) is 1.70. The van der Waals surface area contributed by atoms with Crippen LogP contribution in [0.3, 0.4) is 0 Å². The molecule has 140 valence electrons. The standard InChI is InChI=1S/C18H18N4O2S3/c1-18(2,3)16-19-12(21-24-16)9-27-17-20-14-13(15(23)22(17)4)10(8-26-14)11-6-5-7-25-11/h5-8H,9H2,1-4H3. The van der Waals surface area contributed by atoms with Crippen LogP contribution in [-0.2, 0) is 18.2 Å². The van der Waals surface area contributed by atoms with Crippen LogP contribution in [0.1, 0.15) is 32.5 Å². The molecule has 0 spiro atoms. The van der Waals surface area contributed by atoms with Gasteiger partial charge in [0, 0.05) is 28.3 Å². The molecule has 4 heterocycles. The maximum absolute atomic E-state index is 12.9. The number of rotatable bonds is 4. The molecule has 0 N–H and O–H groups in total. The van der Waals surface area contributed by atoms with Crippen molar-refractivity contribution >= 4 is 44.7 Å². The molecule has 27 heavy (non-hydrogen) atoms. The molecule has 4 aromatic rings. The summed E-state index contributed by atoms with van der Waals surface area (Å²) >= 11 is 4.56. The number of aromatic nitrogens is 4. The highest BCUT2D eigenvalue weighted by Crippen LogP contribution is 2.34. The normalized spacial score (nSPS) is 12.1. The van der Waals surface area contributed by atoms with Gasteiger partial charge in [-0.15, -0.1) is 22.7 Å². The molecule has 0 saturated heterocycles. The second-order valence-corrected chi connectivity index (χ2v) is 9.87. The molecule has 0 unspecified atom stereocenters. The predicted molar refractivity (Wildman–Crippen MR) is 111 cm³/mol. The molecule has 0 aliphatic heterocycles. The maximum atomic E-state index is 12.9. The van der Waals surface area contributed by atoms with E-state index in [1.165, 1.54) is 23.1 Å². The summed E-state index contributed by atoms with van der Waals surface area (Å²) in [6.45, 7) is 6.08. The predicted octanol–water partition coefficient (Wildman–Crippen LogP) is 4.70. The smallest absolute Gasteiger partial charge is 0.263 e. The summed E-state index contributed by atoms with van der Waals surface area (Å²) in [5, 5.41) is 9.38. The van der Waals surface area contributed by atoms with Crippen molar-refractivity contribution in [2.24, 2.45) is 7.05 Å². The lowest BCUT2D eigenvalue weighted by Crippen LogP contribution is -2.19. The molecule has 6 nitrogen and oxygen atoms in total. The zero-order chi connectivity index (χ0) is 19.2. The first-order valence-electron chi connectivity index (χ1n) is 8.32. The Hall–Kier alpha value is -1.97. The van der Waals surface area contributed by atoms with E-state index in [1.807, 2.05) is 43.7 Å². The van der Waals surface area contributed by atoms with Gasteiger partial charge in [0.25, 0.3) is 5.56 Å². The average Bonchev–Trinajstić information content (AvgIpc) is 3.35. The van der Waals surface area contributed by atoms with Gasteiger partial charge < -0.3 is 4.52 Å². The Labute approximate surface area is 168 Å². The summed E-state index contributed by atoms with van der Waals surface area (Å²) in [6.07, 6.45) is 0. The molecule has 0 amide bonds. The van der Waals surface area contributed by atoms with Crippen LogP contribution in [0.2, 0.25) is 0 Å². The Morgan fingerprint density at radius 3 is 2.74 bits per heavy atom. The van der Waals surface area contributed by atoms with Crippen LogP contribution in [0.25, 0.3) is 20.7 Å². The molecule has 0 aliphatic rings. The Morgan fingerprint density at radius 2 is 2.07 bits per heavy atom. The monoisotopic (exact) mass is 418 g/mol. The molecule has 0 fully saturated rings. The van der Waals surface area contributed by atoms with Crippen molar-refractivity contribution in [3.05, 3.63) is 45.0 Å². The minimum Gasteiger partial charge on any atom is -0.339 e. The van der Waals surface area contributed by atoms with Crippen LogP contribution in [0.5, 0.6) is 0 Å². The highest BCUT2D eigenvalue weighted by atomic mass is 32.2. The van der Waals surface area contributed by atoms with Crippen molar-refractivity contribution in [3.63, 3.8) is 0 Å². The summed E-state index contributed by atoms with van der Waals surface area (Å²) in [7, 11) is 1.75. The lowest BCUT2D eigenvalue weighted by molar-refractivity contribution is 0.319. The number of hydrogen-bond acceptors (Lipinski definition) is 8. The van der Waals surface area contributed by atoms with Gasteiger partial charge in [0.05, 0.1) is 11.1 Å². The third-order valence-corrected chi connectivity index (χ3v) is 6.80. The van der Waals surface area contributed by atoms with Gasteiger partial charge in [0.15, 0.2) is 11.0 Å². The fourth-order valence-electron chi connectivity index (χ4n) is 2.54. The van der Waals surface area contributed by atoms with Gasteiger partial charge in [0.2, 0.25) is 5.89 Å². The van der Waals surface area contributed by atoms with Gasteiger partial charge >= 0.3 is 0 Å². The first-order valence-corrected chi connectivity index (χ1v) is 11.1. The highest BCUT2D eigenvalue weighted by molar-refractivity contribution is 7.98. The Bertz CT molecular complexity index is 1150. The van der Waals surface area contributed by atoms with Crippen molar-refractivity contribution in [1.29, 1.82) is 0 Å². The van der Waals surface area contributed by atoms with E-state index >= 15 is 0 Å². The van der Waals surface area contributed by atoms with Crippen LogP contribution in [-0.4, -0.2) is 19.7 Å². The number of nitrogens with zero attached hydrogens (tertiary/aromatic N) is 4. The summed E-state index contributed by atoms with van der Waals surface area (Å²) in [4.78, 5) is 23.9. The molecule has 0 atom stereocenters. The maximum Gasteiger partial charge on any atom is 0.263 e. The van der Waals surface area contributed by atoms with Gasteiger partial charge in [-0.25, -0.2) is 4.98 Å². The largest absolute Gasteiger partial charge is 0.339 e. The van der Waals surface area contributed by atoms with Crippen molar-refractivity contribution in [1.82, 2.24) is 19.7 Å². The SMILES string of the molecule is Cn1c(SCc2noc(C(C)(C)C)n2)nc2scc(-c3cccs3)c2c1=O. The topological polar surface area (TPSA) is 73.8 Å². The number of hydrogen-bond donors (Lipinski definition) is 0. The third-order valence-electron chi connectivity index (χ3n) is 4.00. The van der Waals surface area contributed by atoms with Crippen molar-refractivity contribution in [3.8, 4) is 10.4 Å². The van der Waals surface area contributed by atoms with E-state index in [4.69, 9.17) is 9.51 Å². The van der Waals surface area contributed by atoms with Crippen LogP contribution >= 0.6 is 34.4 Å². The van der Waals surface area contributed by atoms with Gasteiger partial charge in [-0.1, -0.05) is 43.8 Å². The lowest BCUT2D eigenvalue weighted by atomic mass is 9.97. The van der Waals surface area contributed by atoms with E-state index in [2.05, 4.69) is 10.1 Å². The molecule has 0 aliphatic carbocycles. The van der Waals surface area contributed by atoms with E-state index < -0.39 is 0 Å². The Balaban J connectivity index is 1.64. The Morgan fingerprint density at radius 1 is 1.26 bits per heavy atom. The van der Waals surface area contributed by atoms with Gasteiger partial charge in [-0.2, -0.15) is 4.98 Å². The summed E-state index contributed by atoms with van der Waals surface area (Å²) < 4.78 is 6.92. The van der Waals surface area contributed by atoms with Crippen molar-refractivity contribution < 1.29 is 4.52 Å². The number of thioether (sulfide) groups is 1. The fraction of sp³-hybridized carbons (Fsp3) is 0.333. The molecule has 4 aromatic heterocycles. The van der Waals surface area contributed by atoms with Crippen LogP contribution < -0.4 is 5.56 Å². The first kappa shape index (κ1) is 18.4. The second-order valence-electron chi connectivity index (χ2n) is 7.12. The number of thiophene rings is 2. The van der Waals surface area contributed by atoms with Gasteiger partial charge in [-0.05, 0) is 11.4 Å². The molecule has 0 bridgehead atoms. The second kappa shape index (κ2) is 6.88. The molecular formula is C18H18N4O2S3. The van der Waals surface area contributed by atoms with Crippen LogP contribution in [0.4, 0.5) is 0 Å². The zero-order valence-corrected chi connectivity index (χ0v) is 17.8.